The summed E-state index contributed by atoms with van der Waals surface area (Å²) in [7, 11) is 0. The average Bonchev–Trinajstić information content (AvgIpc) is 2.51. The van der Waals surface area contributed by atoms with Crippen molar-refractivity contribution < 1.29 is 14.4 Å². The lowest BCUT2D eigenvalue weighted by atomic mass is 10.2. The highest BCUT2D eigenvalue weighted by Gasteiger charge is 2.24. The zero-order valence-electron chi connectivity index (χ0n) is 14.5. The number of likely N-dealkylation sites (N-methyl/N-ethyl adjacent to an activating group) is 2. The number of amides is 1. The molecule has 124 valence electrons. The van der Waals surface area contributed by atoms with Crippen molar-refractivity contribution in [1.82, 2.24) is 4.90 Å². The highest BCUT2D eigenvalue weighted by Crippen LogP contribution is 2.08. The van der Waals surface area contributed by atoms with Crippen molar-refractivity contribution in [2.24, 2.45) is 0 Å². The summed E-state index contributed by atoms with van der Waals surface area (Å²) in [6, 6.07) is 0. The number of quaternary nitrogens is 1. The minimum Gasteiger partial charge on any atom is -0.391 e. The largest absolute Gasteiger partial charge is 0.391 e. The lowest BCUT2D eigenvalue weighted by Crippen LogP contribution is -2.53. The lowest BCUT2D eigenvalue weighted by molar-refractivity contribution is -0.924. The molecule has 0 rings (SSSR count). The van der Waals surface area contributed by atoms with Crippen LogP contribution in [0.5, 0.6) is 0 Å². The van der Waals surface area contributed by atoms with Crippen LogP contribution >= 0.6 is 0 Å². The second-order valence-corrected chi connectivity index (χ2v) is 5.54. The van der Waals surface area contributed by atoms with Gasteiger partial charge in [0.1, 0.15) is 6.54 Å². The quantitative estimate of drug-likeness (QED) is 0.444. The molecule has 0 aromatic heterocycles. The predicted molar refractivity (Wildman–Crippen MR) is 89.1 cm³/mol. The molecule has 0 saturated heterocycles. The second-order valence-electron chi connectivity index (χ2n) is 5.54. The van der Waals surface area contributed by atoms with Crippen molar-refractivity contribution in [1.29, 1.82) is 0 Å². The maximum atomic E-state index is 12.2. The van der Waals surface area contributed by atoms with Crippen LogP contribution in [-0.4, -0.2) is 66.3 Å². The third-order valence-corrected chi connectivity index (χ3v) is 4.42. The van der Waals surface area contributed by atoms with Crippen LogP contribution in [0, 0.1) is 0 Å². The average molecular weight is 299 g/mol. The standard InChI is InChI=1S/C17H35N2O2/c1-5-9-10-11-12-17(21)18(6-2)13-14-19(7-3,8-4)15-16-20/h9-10,20H,5-8,11-16H2,1-4H3/q+1/b10-9+. The Hall–Kier alpha value is -0.870. The molecule has 1 N–H and O–H groups in total. The van der Waals surface area contributed by atoms with Crippen molar-refractivity contribution in [3.8, 4) is 0 Å². The molecule has 0 atom stereocenters. The summed E-state index contributed by atoms with van der Waals surface area (Å²) >= 11 is 0. The summed E-state index contributed by atoms with van der Waals surface area (Å²) < 4.78 is 0.885. The van der Waals surface area contributed by atoms with Gasteiger partial charge in [0, 0.05) is 13.0 Å². The van der Waals surface area contributed by atoms with Gasteiger partial charge in [-0.2, -0.15) is 0 Å². The molecule has 0 aliphatic carbocycles. The molecule has 0 unspecified atom stereocenters. The van der Waals surface area contributed by atoms with E-state index in [2.05, 4.69) is 32.9 Å². The molecule has 0 aliphatic rings. The van der Waals surface area contributed by atoms with E-state index >= 15 is 0 Å². The maximum Gasteiger partial charge on any atom is 0.223 e. The number of hydrogen-bond acceptors (Lipinski definition) is 2. The van der Waals surface area contributed by atoms with E-state index in [0.717, 1.165) is 56.6 Å². The van der Waals surface area contributed by atoms with Crippen LogP contribution < -0.4 is 0 Å². The molecule has 4 nitrogen and oxygen atoms in total. The number of carbonyl (C=O) groups is 1. The fourth-order valence-corrected chi connectivity index (χ4v) is 2.62. The SMILES string of the molecule is CC/C=C/CCC(=O)N(CC)CC[N+](CC)(CC)CCO. The third kappa shape index (κ3) is 7.63. The topological polar surface area (TPSA) is 40.5 Å². The smallest absolute Gasteiger partial charge is 0.223 e. The molecule has 0 fully saturated rings. The molecule has 0 bridgehead atoms. The zero-order valence-corrected chi connectivity index (χ0v) is 14.5. The van der Waals surface area contributed by atoms with Gasteiger partial charge in [0.2, 0.25) is 5.91 Å². The van der Waals surface area contributed by atoms with Gasteiger partial charge in [-0.25, -0.2) is 0 Å². The Morgan fingerprint density at radius 2 is 1.76 bits per heavy atom. The van der Waals surface area contributed by atoms with Crippen molar-refractivity contribution >= 4 is 5.91 Å². The maximum absolute atomic E-state index is 12.2. The Bertz CT molecular complexity index is 299. The van der Waals surface area contributed by atoms with Gasteiger partial charge >= 0.3 is 0 Å². The highest BCUT2D eigenvalue weighted by molar-refractivity contribution is 5.76. The number of hydrogen-bond donors (Lipinski definition) is 1. The number of carbonyl (C=O) groups excluding carboxylic acids is 1. The monoisotopic (exact) mass is 299 g/mol. The van der Waals surface area contributed by atoms with Crippen LogP contribution in [0.4, 0.5) is 0 Å². The number of nitrogens with zero attached hydrogens (tertiary/aromatic N) is 2. The lowest BCUT2D eigenvalue weighted by Gasteiger charge is -2.38. The van der Waals surface area contributed by atoms with Crippen molar-refractivity contribution in [3.63, 3.8) is 0 Å². The van der Waals surface area contributed by atoms with E-state index in [1.165, 1.54) is 0 Å². The molecule has 21 heavy (non-hydrogen) atoms. The van der Waals surface area contributed by atoms with Gasteiger partial charge in [-0.1, -0.05) is 19.1 Å². The van der Waals surface area contributed by atoms with Gasteiger partial charge in [0.25, 0.3) is 0 Å². The number of rotatable bonds is 12. The van der Waals surface area contributed by atoms with Gasteiger partial charge in [0.15, 0.2) is 0 Å². The predicted octanol–water partition coefficient (Wildman–Crippen LogP) is 2.43. The summed E-state index contributed by atoms with van der Waals surface area (Å²) in [6.45, 7) is 13.9. The van der Waals surface area contributed by atoms with E-state index in [1.54, 1.807) is 0 Å². The van der Waals surface area contributed by atoms with Gasteiger partial charge in [-0.3, -0.25) is 4.79 Å². The molecule has 0 aliphatic heterocycles. The van der Waals surface area contributed by atoms with Crippen molar-refractivity contribution in [2.45, 2.75) is 47.0 Å². The Kier molecular flexibility index (Phi) is 11.3. The molecule has 0 radical (unpaired) electrons. The van der Waals surface area contributed by atoms with Crippen molar-refractivity contribution in [3.05, 3.63) is 12.2 Å². The molecule has 0 aromatic rings. The fourth-order valence-electron chi connectivity index (χ4n) is 2.62. The molecule has 0 saturated carbocycles. The first-order chi connectivity index (χ1) is 10.1. The van der Waals surface area contributed by atoms with E-state index in [9.17, 15) is 9.90 Å². The normalized spacial score (nSPS) is 12.0. The van der Waals surface area contributed by atoms with Crippen LogP contribution in [0.1, 0.15) is 47.0 Å². The second kappa shape index (κ2) is 11.8. The van der Waals surface area contributed by atoms with Crippen LogP contribution in [-0.2, 0) is 4.79 Å². The summed E-state index contributed by atoms with van der Waals surface area (Å²) in [5.74, 6) is 0.243. The first-order valence-electron chi connectivity index (χ1n) is 8.47. The summed E-state index contributed by atoms with van der Waals surface area (Å²) in [6.07, 6.45) is 6.67. The first-order valence-corrected chi connectivity index (χ1v) is 8.47. The molecule has 1 amide bonds. The third-order valence-electron chi connectivity index (χ3n) is 4.42. The Labute approximate surface area is 131 Å². The first kappa shape index (κ1) is 20.1. The van der Waals surface area contributed by atoms with E-state index < -0.39 is 0 Å². The van der Waals surface area contributed by atoms with Gasteiger partial charge < -0.3 is 14.5 Å². The van der Waals surface area contributed by atoms with Crippen LogP contribution in [0.2, 0.25) is 0 Å². The minimum absolute atomic E-state index is 0.212. The van der Waals surface area contributed by atoms with Crippen LogP contribution in [0.15, 0.2) is 12.2 Å². The molecular weight excluding hydrogens is 264 g/mol. The van der Waals surface area contributed by atoms with E-state index in [-0.39, 0.29) is 12.5 Å². The number of aliphatic hydroxyl groups is 1. The molecule has 4 heteroatoms. The van der Waals surface area contributed by atoms with Gasteiger partial charge in [-0.05, 0) is 33.6 Å². The van der Waals surface area contributed by atoms with E-state index in [0.29, 0.717) is 6.42 Å². The fraction of sp³-hybridized carbons (Fsp3) is 0.824. The van der Waals surface area contributed by atoms with Gasteiger partial charge in [-0.15, -0.1) is 0 Å². The number of aliphatic hydroxyl groups excluding tert-OH is 1. The van der Waals surface area contributed by atoms with Crippen LogP contribution in [0.25, 0.3) is 0 Å². The summed E-state index contributed by atoms with van der Waals surface area (Å²) in [5.41, 5.74) is 0. The summed E-state index contributed by atoms with van der Waals surface area (Å²) in [5, 5.41) is 9.26. The zero-order chi connectivity index (χ0) is 16.1. The van der Waals surface area contributed by atoms with Crippen molar-refractivity contribution in [2.75, 3.05) is 45.9 Å². The molecule has 0 spiro atoms. The van der Waals surface area contributed by atoms with Crippen LogP contribution in [0.3, 0.4) is 0 Å². The Morgan fingerprint density at radius 3 is 2.24 bits per heavy atom. The van der Waals surface area contributed by atoms with E-state index in [4.69, 9.17) is 0 Å². The summed E-state index contributed by atoms with van der Waals surface area (Å²) in [4.78, 5) is 14.2. The minimum atomic E-state index is 0.212. The van der Waals surface area contributed by atoms with E-state index in [1.807, 2.05) is 11.8 Å². The highest BCUT2D eigenvalue weighted by atomic mass is 16.3. The Morgan fingerprint density at radius 1 is 1.10 bits per heavy atom. The molecular formula is C17H35N2O2+. The van der Waals surface area contributed by atoms with Gasteiger partial charge in [0.05, 0.1) is 32.8 Å². The Balaban J connectivity index is 4.40. The molecule has 0 heterocycles. The molecule has 0 aromatic carbocycles. The number of allylic oxidation sites excluding steroid dienone is 2.